The van der Waals surface area contributed by atoms with Crippen LogP contribution in [0.1, 0.15) is 55.9 Å². The van der Waals surface area contributed by atoms with E-state index in [1.807, 2.05) is 56.5 Å². The molecule has 1 aliphatic heterocycles. The number of carbonyl (C=O) groups is 2. The fraction of sp³-hybridized carbons (Fsp3) is 0.385. The van der Waals surface area contributed by atoms with Gasteiger partial charge in [0.05, 0.1) is 19.3 Å². The minimum atomic E-state index is -0.474. The van der Waals surface area contributed by atoms with E-state index >= 15 is 0 Å². The normalized spacial score (nSPS) is 20.8. The quantitative estimate of drug-likeness (QED) is 0.603. The van der Waals surface area contributed by atoms with Gasteiger partial charge in [0.25, 0.3) is 0 Å². The maximum absolute atomic E-state index is 13.5. The molecule has 5 nitrogen and oxygen atoms in total. The van der Waals surface area contributed by atoms with E-state index in [0.717, 1.165) is 23.4 Å². The largest absolute Gasteiger partial charge is 0.497 e. The summed E-state index contributed by atoms with van der Waals surface area (Å²) in [6.07, 6.45) is 1.18. The summed E-state index contributed by atoms with van der Waals surface area (Å²) in [5, 5.41) is 5.45. The SMILES string of the molecule is COc1cccc([C@H]2C(C(=O)OCC(C)C)=C(C)NC3=C2C(=O)C[C@@H](c2cccs2)C3)c1. The molecular formula is C26H29NO4S. The van der Waals surface area contributed by atoms with Gasteiger partial charge in [0, 0.05) is 40.1 Å². The molecule has 1 aliphatic carbocycles. The van der Waals surface area contributed by atoms with Gasteiger partial charge in [-0.1, -0.05) is 32.0 Å². The molecule has 2 aromatic rings. The number of benzene rings is 1. The highest BCUT2D eigenvalue weighted by molar-refractivity contribution is 7.10. The molecule has 32 heavy (non-hydrogen) atoms. The van der Waals surface area contributed by atoms with Crippen molar-refractivity contribution in [3.63, 3.8) is 0 Å². The van der Waals surface area contributed by atoms with Crippen LogP contribution in [0.5, 0.6) is 5.75 Å². The van der Waals surface area contributed by atoms with Crippen LogP contribution < -0.4 is 10.1 Å². The molecule has 2 heterocycles. The maximum Gasteiger partial charge on any atom is 0.336 e. The molecule has 0 saturated heterocycles. The van der Waals surface area contributed by atoms with Crippen molar-refractivity contribution in [1.82, 2.24) is 5.32 Å². The van der Waals surface area contributed by atoms with Gasteiger partial charge in [-0.3, -0.25) is 4.79 Å². The highest BCUT2D eigenvalue weighted by Crippen LogP contribution is 2.46. The van der Waals surface area contributed by atoms with Crippen molar-refractivity contribution in [2.75, 3.05) is 13.7 Å². The van der Waals surface area contributed by atoms with Crippen molar-refractivity contribution in [2.45, 2.75) is 45.4 Å². The van der Waals surface area contributed by atoms with Gasteiger partial charge in [0.15, 0.2) is 5.78 Å². The average Bonchev–Trinajstić information content (AvgIpc) is 3.31. The van der Waals surface area contributed by atoms with Gasteiger partial charge in [-0.2, -0.15) is 0 Å². The zero-order valence-corrected chi connectivity index (χ0v) is 19.8. The lowest BCUT2D eigenvalue weighted by Gasteiger charge is -2.36. The van der Waals surface area contributed by atoms with Crippen LogP contribution in [0.25, 0.3) is 0 Å². The predicted octanol–water partition coefficient (Wildman–Crippen LogP) is 5.32. The second kappa shape index (κ2) is 9.33. The lowest BCUT2D eigenvalue weighted by atomic mass is 9.72. The Morgan fingerprint density at radius 1 is 1.22 bits per heavy atom. The number of ketones is 1. The first-order valence-electron chi connectivity index (χ1n) is 11.0. The van der Waals surface area contributed by atoms with E-state index in [9.17, 15) is 9.59 Å². The van der Waals surface area contributed by atoms with Gasteiger partial charge in [0.1, 0.15) is 5.75 Å². The highest BCUT2D eigenvalue weighted by Gasteiger charge is 2.41. The first-order valence-corrected chi connectivity index (χ1v) is 11.9. The molecule has 0 amide bonds. The third kappa shape index (κ3) is 4.37. The number of dihydropyridines is 1. The summed E-state index contributed by atoms with van der Waals surface area (Å²) in [6.45, 7) is 6.23. The molecule has 2 aliphatic rings. The maximum atomic E-state index is 13.5. The smallest absolute Gasteiger partial charge is 0.336 e. The van der Waals surface area contributed by atoms with E-state index in [0.29, 0.717) is 29.9 Å². The van der Waals surface area contributed by atoms with E-state index in [1.165, 1.54) is 4.88 Å². The summed E-state index contributed by atoms with van der Waals surface area (Å²) in [5.41, 5.74) is 3.68. The molecule has 2 atom stereocenters. The van der Waals surface area contributed by atoms with Crippen molar-refractivity contribution < 1.29 is 19.1 Å². The standard InChI is InChI=1S/C26H29NO4S/c1-15(2)14-31-26(29)23-16(3)27-20-12-18(22-9-6-10-32-22)13-21(28)25(20)24(23)17-7-5-8-19(11-17)30-4/h5-11,15,18,24,27H,12-14H2,1-4H3/t18-,24-/m0/s1. The van der Waals surface area contributed by atoms with Gasteiger partial charge >= 0.3 is 5.97 Å². The summed E-state index contributed by atoms with van der Waals surface area (Å²) in [7, 11) is 1.61. The van der Waals surface area contributed by atoms with Crippen molar-refractivity contribution in [1.29, 1.82) is 0 Å². The average molecular weight is 452 g/mol. The topological polar surface area (TPSA) is 64.6 Å². The predicted molar refractivity (Wildman–Crippen MR) is 126 cm³/mol. The Morgan fingerprint density at radius 3 is 2.72 bits per heavy atom. The number of carbonyl (C=O) groups excluding carboxylic acids is 2. The molecule has 0 spiro atoms. The highest BCUT2D eigenvalue weighted by atomic mass is 32.1. The summed E-state index contributed by atoms with van der Waals surface area (Å²) in [4.78, 5) is 27.9. The molecule has 1 aromatic carbocycles. The van der Waals surface area contributed by atoms with Crippen LogP contribution in [0.4, 0.5) is 0 Å². The monoisotopic (exact) mass is 451 g/mol. The number of thiophene rings is 1. The molecule has 6 heteroatoms. The molecular weight excluding hydrogens is 422 g/mol. The lowest BCUT2D eigenvalue weighted by molar-refractivity contribution is -0.140. The summed E-state index contributed by atoms with van der Waals surface area (Å²) in [5.74, 6) is 0.294. The number of allylic oxidation sites excluding steroid dienone is 3. The van der Waals surface area contributed by atoms with Crippen molar-refractivity contribution in [2.24, 2.45) is 5.92 Å². The van der Waals surface area contributed by atoms with Crippen molar-refractivity contribution in [3.05, 3.63) is 74.8 Å². The molecule has 0 saturated carbocycles. The molecule has 0 radical (unpaired) electrons. The third-order valence-corrected chi connectivity index (χ3v) is 7.00. The Kier molecular flexibility index (Phi) is 6.51. The number of nitrogens with one attached hydrogen (secondary N) is 1. The van der Waals surface area contributed by atoms with Crippen LogP contribution in [0, 0.1) is 5.92 Å². The molecule has 0 unspecified atom stereocenters. The second-order valence-electron chi connectivity index (χ2n) is 8.80. The minimum Gasteiger partial charge on any atom is -0.497 e. The summed E-state index contributed by atoms with van der Waals surface area (Å²) < 4.78 is 11.0. The van der Waals surface area contributed by atoms with Crippen LogP contribution in [-0.2, 0) is 14.3 Å². The third-order valence-electron chi connectivity index (χ3n) is 5.97. The number of methoxy groups -OCH3 is 1. The van der Waals surface area contributed by atoms with Crippen molar-refractivity contribution >= 4 is 23.1 Å². The Balaban J connectivity index is 1.78. The zero-order valence-electron chi connectivity index (χ0n) is 18.9. The molecule has 1 aromatic heterocycles. The van der Waals surface area contributed by atoms with Crippen LogP contribution in [-0.4, -0.2) is 25.5 Å². The number of Topliss-reactive ketones (excluding diaryl/α,β-unsaturated/α-hetero) is 1. The van der Waals surface area contributed by atoms with Gasteiger partial charge in [-0.15, -0.1) is 11.3 Å². The van der Waals surface area contributed by atoms with Crippen LogP contribution in [0.3, 0.4) is 0 Å². The first-order chi connectivity index (χ1) is 15.4. The molecule has 4 rings (SSSR count). The number of ether oxygens (including phenoxy) is 2. The summed E-state index contributed by atoms with van der Waals surface area (Å²) >= 11 is 1.68. The Hall–Kier alpha value is -2.86. The number of esters is 1. The van der Waals surface area contributed by atoms with Gasteiger partial charge < -0.3 is 14.8 Å². The van der Waals surface area contributed by atoms with Crippen LogP contribution in [0.15, 0.2) is 64.3 Å². The van der Waals surface area contributed by atoms with E-state index in [4.69, 9.17) is 9.47 Å². The molecule has 0 fully saturated rings. The lowest BCUT2D eigenvalue weighted by Crippen LogP contribution is -2.36. The van der Waals surface area contributed by atoms with Gasteiger partial charge in [0.2, 0.25) is 0 Å². The van der Waals surface area contributed by atoms with E-state index < -0.39 is 5.92 Å². The second-order valence-corrected chi connectivity index (χ2v) is 9.78. The van der Waals surface area contributed by atoms with E-state index in [-0.39, 0.29) is 23.6 Å². The first kappa shape index (κ1) is 22.3. The number of rotatable bonds is 6. The fourth-order valence-corrected chi connectivity index (χ4v) is 5.34. The van der Waals surface area contributed by atoms with Crippen LogP contribution >= 0.6 is 11.3 Å². The zero-order chi connectivity index (χ0) is 22.8. The Bertz CT molecular complexity index is 1080. The van der Waals surface area contributed by atoms with E-state index in [1.54, 1.807) is 18.4 Å². The molecule has 0 bridgehead atoms. The Labute approximate surface area is 193 Å². The fourth-order valence-electron chi connectivity index (χ4n) is 4.51. The van der Waals surface area contributed by atoms with Crippen molar-refractivity contribution in [3.8, 4) is 5.75 Å². The van der Waals surface area contributed by atoms with E-state index in [2.05, 4.69) is 11.4 Å². The number of hydrogen-bond donors (Lipinski definition) is 1. The molecule has 1 N–H and O–H groups in total. The van der Waals surface area contributed by atoms with Crippen LogP contribution in [0.2, 0.25) is 0 Å². The van der Waals surface area contributed by atoms with Gasteiger partial charge in [-0.25, -0.2) is 4.79 Å². The minimum absolute atomic E-state index is 0.0756. The summed E-state index contributed by atoms with van der Waals surface area (Å²) in [6, 6.07) is 11.7. The Morgan fingerprint density at radius 2 is 2.03 bits per heavy atom. The number of hydrogen-bond acceptors (Lipinski definition) is 6. The van der Waals surface area contributed by atoms with Gasteiger partial charge in [-0.05, 0) is 48.4 Å². The molecule has 168 valence electrons.